The Labute approximate surface area is 132 Å². The van der Waals surface area contributed by atoms with Gasteiger partial charge in [0, 0.05) is 11.1 Å². The van der Waals surface area contributed by atoms with Crippen LogP contribution < -0.4 is 0 Å². The van der Waals surface area contributed by atoms with Crippen molar-refractivity contribution in [3.63, 3.8) is 0 Å². The van der Waals surface area contributed by atoms with Crippen LogP contribution in [0.1, 0.15) is 22.7 Å². The number of carbonyl (C=O) groups is 1. The number of benzene rings is 1. The van der Waals surface area contributed by atoms with Crippen LogP contribution >= 0.6 is 0 Å². The summed E-state index contributed by atoms with van der Waals surface area (Å²) in [4.78, 5) is 11.1. The summed E-state index contributed by atoms with van der Waals surface area (Å²) >= 11 is 0. The van der Waals surface area contributed by atoms with Gasteiger partial charge < -0.3 is 9.63 Å². The molecule has 118 valence electrons. The van der Waals surface area contributed by atoms with Crippen molar-refractivity contribution in [2.75, 3.05) is 0 Å². The largest absolute Gasteiger partial charge is 0.481 e. The first-order valence-corrected chi connectivity index (χ1v) is 7.17. The second kappa shape index (κ2) is 6.04. The van der Waals surface area contributed by atoms with E-state index in [2.05, 4.69) is 15.5 Å². The fraction of sp³-hybridized carbons (Fsp3) is 0.250. The third-order valence-corrected chi connectivity index (χ3v) is 3.66. The summed E-state index contributed by atoms with van der Waals surface area (Å²) in [7, 11) is 0. The summed E-state index contributed by atoms with van der Waals surface area (Å²) in [5.41, 5.74) is 3.73. The molecule has 0 atom stereocenters. The van der Waals surface area contributed by atoms with E-state index in [0.29, 0.717) is 17.9 Å². The molecular formula is C16H16N4O3. The lowest BCUT2D eigenvalue weighted by Crippen LogP contribution is -2.07. The minimum absolute atomic E-state index is 0.175. The topological polar surface area (TPSA) is 94.0 Å². The van der Waals surface area contributed by atoms with Crippen LogP contribution in [0.2, 0.25) is 0 Å². The van der Waals surface area contributed by atoms with E-state index in [9.17, 15) is 4.79 Å². The summed E-state index contributed by atoms with van der Waals surface area (Å²) in [5, 5.41) is 21.2. The van der Waals surface area contributed by atoms with Crippen molar-refractivity contribution in [1.29, 1.82) is 0 Å². The number of aliphatic carboxylic acids is 1. The molecule has 0 aliphatic rings. The Morgan fingerprint density at radius 3 is 2.61 bits per heavy atom. The molecule has 3 rings (SSSR count). The summed E-state index contributed by atoms with van der Waals surface area (Å²) < 4.78 is 6.87. The third kappa shape index (κ3) is 2.98. The minimum atomic E-state index is -0.938. The zero-order valence-corrected chi connectivity index (χ0v) is 12.9. The van der Waals surface area contributed by atoms with Crippen LogP contribution in [0.15, 0.2) is 34.9 Å². The molecule has 0 spiro atoms. The van der Waals surface area contributed by atoms with Gasteiger partial charge in [0.05, 0.1) is 24.4 Å². The van der Waals surface area contributed by atoms with Gasteiger partial charge in [-0.05, 0) is 13.8 Å². The van der Waals surface area contributed by atoms with Gasteiger partial charge in [-0.25, -0.2) is 4.68 Å². The van der Waals surface area contributed by atoms with Gasteiger partial charge in [0.25, 0.3) is 0 Å². The molecule has 0 aliphatic carbocycles. The summed E-state index contributed by atoms with van der Waals surface area (Å²) in [6, 6.07) is 9.52. The summed E-state index contributed by atoms with van der Waals surface area (Å²) in [6.45, 7) is 4.13. The lowest BCUT2D eigenvalue weighted by Gasteiger charge is -2.08. The van der Waals surface area contributed by atoms with E-state index >= 15 is 0 Å². The minimum Gasteiger partial charge on any atom is -0.481 e. The van der Waals surface area contributed by atoms with Gasteiger partial charge in [-0.3, -0.25) is 4.79 Å². The average Bonchev–Trinajstić information content (AvgIpc) is 3.06. The predicted molar refractivity (Wildman–Crippen MR) is 81.9 cm³/mol. The Kier molecular flexibility index (Phi) is 3.92. The van der Waals surface area contributed by atoms with Gasteiger partial charge in [0.2, 0.25) is 0 Å². The highest BCUT2D eigenvalue weighted by molar-refractivity contribution is 5.73. The molecule has 0 fully saturated rings. The highest BCUT2D eigenvalue weighted by Crippen LogP contribution is 2.24. The van der Waals surface area contributed by atoms with Gasteiger partial charge in [-0.1, -0.05) is 40.7 Å². The van der Waals surface area contributed by atoms with Crippen molar-refractivity contribution < 1.29 is 14.4 Å². The van der Waals surface area contributed by atoms with E-state index in [1.807, 2.05) is 44.2 Å². The lowest BCUT2D eigenvalue weighted by molar-refractivity contribution is -0.136. The first-order valence-electron chi connectivity index (χ1n) is 7.17. The summed E-state index contributed by atoms with van der Waals surface area (Å²) in [5.74, 6) is -0.219. The number of aryl methyl sites for hydroxylation is 2. The van der Waals surface area contributed by atoms with Crippen molar-refractivity contribution in [1.82, 2.24) is 20.2 Å². The van der Waals surface area contributed by atoms with E-state index in [1.54, 1.807) is 4.68 Å². The monoisotopic (exact) mass is 312 g/mol. The molecule has 1 aromatic carbocycles. The zero-order valence-electron chi connectivity index (χ0n) is 12.9. The van der Waals surface area contributed by atoms with E-state index < -0.39 is 5.97 Å². The van der Waals surface area contributed by atoms with Crippen LogP contribution in [0.5, 0.6) is 0 Å². The molecular weight excluding hydrogens is 296 g/mol. The molecule has 0 unspecified atom stereocenters. The highest BCUT2D eigenvalue weighted by atomic mass is 16.5. The fourth-order valence-electron chi connectivity index (χ4n) is 2.51. The number of carboxylic acid groups (broad SMARTS) is 1. The van der Waals surface area contributed by atoms with Crippen LogP contribution in [0.3, 0.4) is 0 Å². The molecule has 0 aliphatic heterocycles. The first kappa shape index (κ1) is 15.0. The van der Waals surface area contributed by atoms with Gasteiger partial charge in [0.1, 0.15) is 11.5 Å². The number of aromatic nitrogens is 4. The maximum Gasteiger partial charge on any atom is 0.309 e. The molecule has 3 aromatic rings. The Hall–Kier alpha value is -2.96. The van der Waals surface area contributed by atoms with Gasteiger partial charge in [-0.2, -0.15) is 0 Å². The molecule has 7 nitrogen and oxygen atoms in total. The Morgan fingerprint density at radius 2 is 2.00 bits per heavy atom. The second-order valence-electron chi connectivity index (χ2n) is 5.28. The second-order valence-corrected chi connectivity index (χ2v) is 5.28. The normalized spacial score (nSPS) is 10.9. The number of hydrogen-bond donors (Lipinski definition) is 1. The fourth-order valence-corrected chi connectivity index (χ4v) is 2.51. The third-order valence-electron chi connectivity index (χ3n) is 3.66. The Balaban J connectivity index is 2.07. The smallest absolute Gasteiger partial charge is 0.309 e. The molecule has 0 bridgehead atoms. The number of nitrogens with zero attached hydrogens (tertiary/aromatic N) is 4. The first-order chi connectivity index (χ1) is 11.1. The van der Waals surface area contributed by atoms with Crippen LogP contribution in [0, 0.1) is 13.8 Å². The van der Waals surface area contributed by atoms with Gasteiger partial charge >= 0.3 is 5.97 Å². The highest BCUT2D eigenvalue weighted by Gasteiger charge is 2.19. The Morgan fingerprint density at radius 1 is 1.26 bits per heavy atom. The van der Waals surface area contributed by atoms with Crippen molar-refractivity contribution in [2.24, 2.45) is 0 Å². The maximum absolute atomic E-state index is 11.1. The Bertz CT molecular complexity index is 817. The zero-order chi connectivity index (χ0) is 16.4. The lowest BCUT2D eigenvalue weighted by atomic mass is 10.1. The number of rotatable bonds is 5. The molecule has 0 radical (unpaired) electrons. The standard InChI is InChI=1S/C16H16N4O3/c1-10-13(11(2)23-18-10)9-20-16(12-6-4-3-5-7-12)14(17-19-20)8-15(21)22/h3-7H,8-9H2,1-2H3,(H,21,22). The molecule has 0 saturated heterocycles. The van der Waals surface area contributed by atoms with E-state index in [4.69, 9.17) is 9.63 Å². The average molecular weight is 312 g/mol. The molecule has 0 saturated carbocycles. The van der Waals surface area contributed by atoms with Gasteiger partial charge in [0.15, 0.2) is 0 Å². The van der Waals surface area contributed by atoms with Crippen molar-refractivity contribution in [3.05, 3.63) is 53.0 Å². The van der Waals surface area contributed by atoms with Crippen LogP contribution in [-0.4, -0.2) is 31.2 Å². The van der Waals surface area contributed by atoms with Crippen LogP contribution in [0.25, 0.3) is 11.3 Å². The molecule has 1 N–H and O–H groups in total. The SMILES string of the molecule is Cc1noc(C)c1Cn1nnc(CC(=O)O)c1-c1ccccc1. The quantitative estimate of drug-likeness (QED) is 0.776. The molecule has 2 aromatic heterocycles. The number of carboxylic acids is 1. The maximum atomic E-state index is 11.1. The molecule has 2 heterocycles. The number of hydrogen-bond acceptors (Lipinski definition) is 5. The van der Waals surface area contributed by atoms with E-state index in [0.717, 1.165) is 22.6 Å². The molecule has 7 heteroatoms. The van der Waals surface area contributed by atoms with Gasteiger partial charge in [-0.15, -0.1) is 5.10 Å². The molecule has 0 amide bonds. The van der Waals surface area contributed by atoms with Crippen molar-refractivity contribution >= 4 is 5.97 Å². The predicted octanol–water partition coefficient (Wildman–Crippen LogP) is 2.23. The van der Waals surface area contributed by atoms with Crippen LogP contribution in [-0.2, 0) is 17.8 Å². The summed E-state index contributed by atoms with van der Waals surface area (Å²) in [6.07, 6.45) is -0.175. The van der Waals surface area contributed by atoms with E-state index in [1.165, 1.54) is 0 Å². The van der Waals surface area contributed by atoms with Crippen LogP contribution in [0.4, 0.5) is 0 Å². The van der Waals surface area contributed by atoms with Crippen molar-refractivity contribution in [3.8, 4) is 11.3 Å². The van der Waals surface area contributed by atoms with E-state index in [-0.39, 0.29) is 6.42 Å². The molecule has 23 heavy (non-hydrogen) atoms. The van der Waals surface area contributed by atoms with Crippen molar-refractivity contribution in [2.45, 2.75) is 26.8 Å².